The number of phenols is 1. The molecule has 0 fully saturated rings. The molecule has 4 rings (SSSR count). The molecule has 1 atom stereocenters. The number of ether oxygens (including phenoxy) is 2. The number of phenolic OH excluding ortho intramolecular Hbond substituents is 1. The zero-order chi connectivity index (χ0) is 16.1. The number of rotatable bonds is 2. The molecule has 4 heteroatoms. The fourth-order valence-corrected chi connectivity index (χ4v) is 3.96. The first-order valence-corrected chi connectivity index (χ1v) is 7.94. The highest BCUT2D eigenvalue weighted by Crippen LogP contribution is 2.52. The van der Waals surface area contributed by atoms with E-state index in [0.29, 0.717) is 11.8 Å². The molecule has 2 aliphatic rings. The highest BCUT2D eigenvalue weighted by molar-refractivity contribution is 5.83. The number of nitrogens with zero attached hydrogens (tertiary/aromatic N) is 1. The lowest BCUT2D eigenvalue weighted by atomic mass is 9.76. The molecule has 1 aliphatic carbocycles. The van der Waals surface area contributed by atoms with Gasteiger partial charge in [0.1, 0.15) is 5.75 Å². The van der Waals surface area contributed by atoms with Gasteiger partial charge in [0.05, 0.1) is 14.2 Å². The number of methoxy groups -OCH3 is 2. The summed E-state index contributed by atoms with van der Waals surface area (Å²) >= 11 is 0. The molecular formula is C19H21NO3. The third-order valence-corrected chi connectivity index (χ3v) is 5.21. The number of hydrogen-bond donors (Lipinski definition) is 1. The van der Waals surface area contributed by atoms with Crippen LogP contribution in [-0.4, -0.2) is 37.8 Å². The van der Waals surface area contributed by atoms with E-state index in [1.807, 2.05) is 18.2 Å². The molecule has 0 saturated heterocycles. The van der Waals surface area contributed by atoms with Crippen molar-refractivity contribution in [3.63, 3.8) is 0 Å². The Bertz CT molecular complexity index is 785. The molecule has 0 saturated carbocycles. The van der Waals surface area contributed by atoms with Crippen LogP contribution in [-0.2, 0) is 12.8 Å². The van der Waals surface area contributed by atoms with E-state index in [-0.39, 0.29) is 5.75 Å². The van der Waals surface area contributed by atoms with Gasteiger partial charge in [-0.25, -0.2) is 0 Å². The summed E-state index contributed by atoms with van der Waals surface area (Å²) in [6.45, 7) is 1.02. The van der Waals surface area contributed by atoms with Crippen LogP contribution in [0.5, 0.6) is 17.2 Å². The highest BCUT2D eigenvalue weighted by Gasteiger charge is 2.35. The van der Waals surface area contributed by atoms with Gasteiger partial charge in [0.25, 0.3) is 0 Å². The van der Waals surface area contributed by atoms with E-state index in [1.165, 1.54) is 16.7 Å². The van der Waals surface area contributed by atoms with E-state index in [2.05, 4.69) is 18.0 Å². The first kappa shape index (κ1) is 14.4. The Morgan fingerprint density at radius 3 is 2.70 bits per heavy atom. The van der Waals surface area contributed by atoms with Crippen molar-refractivity contribution in [3.05, 3.63) is 41.0 Å². The quantitative estimate of drug-likeness (QED) is 0.925. The van der Waals surface area contributed by atoms with Crippen LogP contribution in [0.1, 0.15) is 22.7 Å². The zero-order valence-corrected chi connectivity index (χ0v) is 13.7. The lowest BCUT2D eigenvalue weighted by Crippen LogP contribution is -2.35. The van der Waals surface area contributed by atoms with Crippen LogP contribution in [0.3, 0.4) is 0 Å². The molecule has 1 unspecified atom stereocenters. The predicted molar refractivity (Wildman–Crippen MR) is 89.4 cm³/mol. The van der Waals surface area contributed by atoms with Gasteiger partial charge in [-0.15, -0.1) is 0 Å². The third kappa shape index (κ3) is 2.01. The molecule has 23 heavy (non-hydrogen) atoms. The molecule has 1 heterocycles. The minimum atomic E-state index is 0.237. The Morgan fingerprint density at radius 1 is 1.13 bits per heavy atom. The minimum absolute atomic E-state index is 0.237. The first-order chi connectivity index (χ1) is 11.1. The van der Waals surface area contributed by atoms with Gasteiger partial charge in [-0.3, -0.25) is 4.90 Å². The van der Waals surface area contributed by atoms with Crippen molar-refractivity contribution < 1.29 is 14.6 Å². The maximum Gasteiger partial charge on any atom is 0.166 e. The number of hydrogen-bond acceptors (Lipinski definition) is 4. The molecule has 0 amide bonds. The summed E-state index contributed by atoms with van der Waals surface area (Å²) in [6.07, 6.45) is 1.94. The van der Waals surface area contributed by atoms with Crippen LogP contribution in [0.25, 0.3) is 11.1 Å². The van der Waals surface area contributed by atoms with Crippen molar-refractivity contribution >= 4 is 0 Å². The molecule has 0 aromatic heterocycles. The maximum absolute atomic E-state index is 10.8. The monoisotopic (exact) mass is 311 g/mol. The molecule has 2 aromatic rings. The van der Waals surface area contributed by atoms with Crippen LogP contribution < -0.4 is 9.47 Å². The average Bonchev–Trinajstić information content (AvgIpc) is 2.58. The topological polar surface area (TPSA) is 41.9 Å². The fourth-order valence-electron chi connectivity index (χ4n) is 3.96. The van der Waals surface area contributed by atoms with E-state index in [9.17, 15) is 5.11 Å². The summed E-state index contributed by atoms with van der Waals surface area (Å²) in [5.74, 6) is 1.60. The van der Waals surface area contributed by atoms with Crippen molar-refractivity contribution in [1.29, 1.82) is 0 Å². The molecule has 0 spiro atoms. The van der Waals surface area contributed by atoms with Crippen molar-refractivity contribution in [2.75, 3.05) is 27.8 Å². The van der Waals surface area contributed by atoms with Gasteiger partial charge >= 0.3 is 0 Å². The largest absolute Gasteiger partial charge is 0.504 e. The molecule has 1 N–H and O–H groups in total. The standard InChI is InChI=1S/C19H21NO3/c1-20-7-6-12-9-16(23-3)19(21)18-14-10-13(22-2)5-4-11(14)8-15(20)17(12)18/h4-5,9-10,15,21H,6-8H2,1-3H3. The van der Waals surface area contributed by atoms with Crippen LogP contribution in [0.2, 0.25) is 0 Å². The molecule has 0 radical (unpaired) electrons. The second kappa shape index (κ2) is 5.17. The molecule has 2 aromatic carbocycles. The Morgan fingerprint density at radius 2 is 1.96 bits per heavy atom. The van der Waals surface area contributed by atoms with Gasteiger partial charge in [0, 0.05) is 18.2 Å². The molecule has 4 nitrogen and oxygen atoms in total. The predicted octanol–water partition coefficient (Wildman–Crippen LogP) is 3.16. The van der Waals surface area contributed by atoms with Crippen molar-refractivity contribution in [3.8, 4) is 28.4 Å². The smallest absolute Gasteiger partial charge is 0.166 e. The molecule has 0 bridgehead atoms. The third-order valence-electron chi connectivity index (χ3n) is 5.21. The molecule has 1 aliphatic heterocycles. The van der Waals surface area contributed by atoms with Crippen LogP contribution in [0.15, 0.2) is 24.3 Å². The van der Waals surface area contributed by atoms with E-state index in [1.54, 1.807) is 14.2 Å². The van der Waals surface area contributed by atoms with Crippen molar-refractivity contribution in [1.82, 2.24) is 4.90 Å². The van der Waals surface area contributed by atoms with Gasteiger partial charge in [-0.1, -0.05) is 6.07 Å². The fraction of sp³-hybridized carbons (Fsp3) is 0.368. The minimum Gasteiger partial charge on any atom is -0.504 e. The number of benzene rings is 2. The second-order valence-electron chi connectivity index (χ2n) is 6.35. The highest BCUT2D eigenvalue weighted by atomic mass is 16.5. The van der Waals surface area contributed by atoms with Crippen LogP contribution in [0.4, 0.5) is 0 Å². The summed E-state index contributed by atoms with van der Waals surface area (Å²) in [7, 11) is 5.44. The van der Waals surface area contributed by atoms with Crippen LogP contribution in [0, 0.1) is 0 Å². The molecular weight excluding hydrogens is 290 g/mol. The maximum atomic E-state index is 10.8. The Balaban J connectivity index is 2.05. The number of fused-ring (bicyclic) bond motifs is 2. The zero-order valence-electron chi connectivity index (χ0n) is 13.7. The Hall–Kier alpha value is -2.20. The van der Waals surface area contributed by atoms with E-state index >= 15 is 0 Å². The van der Waals surface area contributed by atoms with Crippen LogP contribution >= 0.6 is 0 Å². The SMILES string of the molecule is COc1ccc2c(c1)-c1c(O)c(OC)cc3c1C(C2)N(C)CC3. The van der Waals surface area contributed by atoms with Gasteiger partial charge in [0.15, 0.2) is 11.5 Å². The Kier molecular flexibility index (Phi) is 3.23. The lowest BCUT2D eigenvalue weighted by molar-refractivity contribution is 0.227. The summed E-state index contributed by atoms with van der Waals surface area (Å²) in [5.41, 5.74) is 5.75. The Labute approximate surface area is 136 Å². The number of likely N-dealkylation sites (N-methyl/N-ethyl adjacent to an activating group) is 1. The lowest BCUT2D eigenvalue weighted by Gasteiger charge is -2.40. The van der Waals surface area contributed by atoms with Gasteiger partial charge in [-0.2, -0.15) is 0 Å². The first-order valence-electron chi connectivity index (χ1n) is 7.94. The summed E-state index contributed by atoms with van der Waals surface area (Å²) in [4.78, 5) is 2.38. The summed E-state index contributed by atoms with van der Waals surface area (Å²) < 4.78 is 10.8. The van der Waals surface area contributed by atoms with E-state index in [0.717, 1.165) is 36.3 Å². The van der Waals surface area contributed by atoms with Gasteiger partial charge in [-0.05, 0) is 60.3 Å². The van der Waals surface area contributed by atoms with E-state index < -0.39 is 0 Å². The average molecular weight is 311 g/mol. The van der Waals surface area contributed by atoms with E-state index in [4.69, 9.17) is 9.47 Å². The summed E-state index contributed by atoms with van der Waals surface area (Å²) in [6, 6.07) is 8.43. The number of aromatic hydroxyl groups is 1. The normalized spacial score (nSPS) is 19.0. The molecule has 120 valence electrons. The van der Waals surface area contributed by atoms with Gasteiger partial charge < -0.3 is 14.6 Å². The second-order valence-corrected chi connectivity index (χ2v) is 6.35. The van der Waals surface area contributed by atoms with Gasteiger partial charge in [0.2, 0.25) is 0 Å². The van der Waals surface area contributed by atoms with Crippen molar-refractivity contribution in [2.24, 2.45) is 0 Å². The van der Waals surface area contributed by atoms with Crippen molar-refractivity contribution in [2.45, 2.75) is 18.9 Å². The summed E-state index contributed by atoms with van der Waals surface area (Å²) in [5, 5.41) is 10.8.